The zero-order valence-corrected chi connectivity index (χ0v) is 15.5. The molecule has 0 radical (unpaired) electrons. The maximum atomic E-state index is 12.7. The molecule has 1 atom stereocenters. The molecule has 0 unspecified atom stereocenters. The van der Waals surface area contributed by atoms with E-state index in [0.29, 0.717) is 31.8 Å². The highest BCUT2D eigenvalue weighted by molar-refractivity contribution is 5.97. The molecule has 3 heterocycles. The summed E-state index contributed by atoms with van der Waals surface area (Å²) in [6.45, 7) is 3.52. The molecule has 2 aliphatic rings. The summed E-state index contributed by atoms with van der Waals surface area (Å²) in [4.78, 5) is 36.2. The lowest BCUT2D eigenvalue weighted by molar-refractivity contribution is -0.117. The minimum absolute atomic E-state index is 0.00123. The van der Waals surface area contributed by atoms with E-state index in [0.717, 1.165) is 29.3 Å². The van der Waals surface area contributed by atoms with Gasteiger partial charge in [-0.15, -0.1) is 0 Å². The van der Waals surface area contributed by atoms with Crippen LogP contribution in [0.3, 0.4) is 0 Å². The van der Waals surface area contributed by atoms with E-state index >= 15 is 0 Å². The van der Waals surface area contributed by atoms with Crippen LogP contribution in [0.5, 0.6) is 5.75 Å². The molecular formula is C19H23N5O3. The van der Waals surface area contributed by atoms with E-state index in [9.17, 15) is 9.59 Å². The maximum Gasteiger partial charge on any atom is 0.318 e. The predicted octanol–water partition coefficient (Wildman–Crippen LogP) is 1.60. The van der Waals surface area contributed by atoms with E-state index in [1.54, 1.807) is 16.9 Å². The standard InChI is InChI=1S/C19H23N5O3/c1-12-20-16-6-7-23(11-17(16)21-12)19(26)22-13-8-18(25)24(10-13)14-4-3-5-15(9-14)27-2/h3-5,9,13H,6-8,10-11H2,1-2H3,(H,20,21)(H,22,26)/t13-/m0/s1. The molecule has 1 saturated heterocycles. The molecule has 1 fully saturated rings. The highest BCUT2D eigenvalue weighted by Gasteiger charge is 2.33. The van der Waals surface area contributed by atoms with Crippen LogP contribution in [0.15, 0.2) is 24.3 Å². The third kappa shape index (κ3) is 3.47. The first-order valence-electron chi connectivity index (χ1n) is 9.07. The number of benzene rings is 1. The van der Waals surface area contributed by atoms with Gasteiger partial charge in [0.2, 0.25) is 5.91 Å². The molecule has 2 N–H and O–H groups in total. The number of amides is 3. The first-order valence-corrected chi connectivity index (χ1v) is 9.07. The summed E-state index contributed by atoms with van der Waals surface area (Å²) < 4.78 is 5.23. The van der Waals surface area contributed by atoms with Crippen LogP contribution < -0.4 is 15.0 Å². The van der Waals surface area contributed by atoms with E-state index in [4.69, 9.17) is 4.74 Å². The van der Waals surface area contributed by atoms with Crippen LogP contribution in [-0.2, 0) is 17.8 Å². The fraction of sp³-hybridized carbons (Fsp3) is 0.421. The maximum absolute atomic E-state index is 12.7. The van der Waals surface area contributed by atoms with Gasteiger partial charge in [-0.2, -0.15) is 0 Å². The number of ether oxygens (including phenoxy) is 1. The van der Waals surface area contributed by atoms with Crippen molar-refractivity contribution in [3.05, 3.63) is 41.5 Å². The number of urea groups is 1. The minimum Gasteiger partial charge on any atom is -0.497 e. The van der Waals surface area contributed by atoms with Gasteiger partial charge in [-0.25, -0.2) is 9.78 Å². The van der Waals surface area contributed by atoms with Gasteiger partial charge in [-0.05, 0) is 19.1 Å². The van der Waals surface area contributed by atoms with Gasteiger partial charge in [0, 0.05) is 37.7 Å². The summed E-state index contributed by atoms with van der Waals surface area (Å²) >= 11 is 0. The van der Waals surface area contributed by atoms with E-state index in [-0.39, 0.29) is 18.0 Å². The van der Waals surface area contributed by atoms with Crippen LogP contribution in [0, 0.1) is 6.92 Å². The topological polar surface area (TPSA) is 90.6 Å². The van der Waals surface area contributed by atoms with Crippen LogP contribution >= 0.6 is 0 Å². The van der Waals surface area contributed by atoms with Crippen LogP contribution in [-0.4, -0.2) is 53.0 Å². The smallest absolute Gasteiger partial charge is 0.318 e. The van der Waals surface area contributed by atoms with Crippen molar-refractivity contribution in [1.29, 1.82) is 0 Å². The summed E-state index contributed by atoms with van der Waals surface area (Å²) in [7, 11) is 1.60. The van der Waals surface area contributed by atoms with E-state index in [2.05, 4.69) is 15.3 Å². The van der Waals surface area contributed by atoms with Gasteiger partial charge in [0.15, 0.2) is 0 Å². The summed E-state index contributed by atoms with van der Waals surface area (Å²) in [5, 5.41) is 3.00. The van der Waals surface area contributed by atoms with Crippen molar-refractivity contribution in [2.45, 2.75) is 32.4 Å². The molecule has 0 spiro atoms. The molecular weight excluding hydrogens is 346 g/mol. The number of aromatic nitrogens is 2. The number of nitrogens with zero attached hydrogens (tertiary/aromatic N) is 3. The van der Waals surface area contributed by atoms with Gasteiger partial charge in [-0.3, -0.25) is 4.79 Å². The van der Waals surface area contributed by atoms with Gasteiger partial charge < -0.3 is 24.8 Å². The Morgan fingerprint density at radius 2 is 2.26 bits per heavy atom. The highest BCUT2D eigenvalue weighted by atomic mass is 16.5. The number of imidazole rings is 1. The third-order valence-electron chi connectivity index (χ3n) is 5.06. The Hall–Kier alpha value is -3.03. The number of hydrogen-bond donors (Lipinski definition) is 2. The van der Waals surface area contributed by atoms with Crippen molar-refractivity contribution in [3.8, 4) is 5.75 Å². The minimum atomic E-state index is -0.207. The number of hydrogen-bond acceptors (Lipinski definition) is 4. The Bertz CT molecular complexity index is 878. The second-order valence-electron chi connectivity index (χ2n) is 6.98. The number of H-pyrrole nitrogens is 1. The van der Waals surface area contributed by atoms with Crippen molar-refractivity contribution in [2.24, 2.45) is 0 Å². The van der Waals surface area contributed by atoms with Crippen LogP contribution in [0.2, 0.25) is 0 Å². The summed E-state index contributed by atoms with van der Waals surface area (Å²) in [6, 6.07) is 7.04. The molecule has 4 rings (SSSR count). The van der Waals surface area contributed by atoms with Crippen molar-refractivity contribution in [3.63, 3.8) is 0 Å². The number of carbonyl (C=O) groups excluding carboxylic acids is 2. The average Bonchev–Trinajstić information content (AvgIpc) is 3.22. The van der Waals surface area contributed by atoms with Crippen LogP contribution in [0.4, 0.5) is 10.5 Å². The Kier molecular flexibility index (Phi) is 4.47. The largest absolute Gasteiger partial charge is 0.497 e. The molecule has 2 aromatic rings. The summed E-state index contributed by atoms with van der Waals surface area (Å²) in [5.74, 6) is 1.57. The third-order valence-corrected chi connectivity index (χ3v) is 5.06. The molecule has 0 bridgehead atoms. The van der Waals surface area contributed by atoms with Gasteiger partial charge >= 0.3 is 6.03 Å². The number of methoxy groups -OCH3 is 1. The molecule has 8 nitrogen and oxygen atoms in total. The van der Waals surface area contributed by atoms with Gasteiger partial charge in [0.25, 0.3) is 0 Å². The molecule has 2 aliphatic heterocycles. The molecule has 1 aromatic carbocycles. The van der Waals surface area contributed by atoms with Crippen molar-refractivity contribution in [1.82, 2.24) is 20.2 Å². The first kappa shape index (κ1) is 17.4. The Labute approximate surface area is 157 Å². The van der Waals surface area contributed by atoms with Crippen LogP contribution in [0.25, 0.3) is 0 Å². The molecule has 8 heteroatoms. The number of nitrogens with one attached hydrogen (secondary N) is 2. The number of aromatic amines is 1. The molecule has 27 heavy (non-hydrogen) atoms. The van der Waals surface area contributed by atoms with E-state index < -0.39 is 0 Å². The Morgan fingerprint density at radius 3 is 3.07 bits per heavy atom. The molecule has 1 aromatic heterocycles. The predicted molar refractivity (Wildman–Crippen MR) is 99.7 cm³/mol. The van der Waals surface area contributed by atoms with Crippen LogP contribution in [0.1, 0.15) is 23.6 Å². The lowest BCUT2D eigenvalue weighted by Crippen LogP contribution is -2.47. The Balaban J connectivity index is 1.39. The fourth-order valence-corrected chi connectivity index (χ4v) is 3.71. The lowest BCUT2D eigenvalue weighted by Gasteiger charge is -2.27. The number of rotatable bonds is 3. The van der Waals surface area contributed by atoms with Crippen molar-refractivity contribution >= 4 is 17.6 Å². The van der Waals surface area contributed by atoms with E-state index in [1.807, 2.05) is 31.2 Å². The number of carbonyl (C=O) groups is 2. The normalized spacial score (nSPS) is 19.2. The Morgan fingerprint density at radius 1 is 1.41 bits per heavy atom. The van der Waals surface area contributed by atoms with Crippen molar-refractivity contribution < 1.29 is 14.3 Å². The zero-order chi connectivity index (χ0) is 19.0. The lowest BCUT2D eigenvalue weighted by atomic mass is 10.1. The van der Waals surface area contributed by atoms with Crippen molar-refractivity contribution in [2.75, 3.05) is 25.1 Å². The van der Waals surface area contributed by atoms with Gasteiger partial charge in [-0.1, -0.05) is 6.07 Å². The quantitative estimate of drug-likeness (QED) is 0.860. The number of fused-ring (bicyclic) bond motifs is 1. The number of aryl methyl sites for hydroxylation is 1. The summed E-state index contributed by atoms with van der Waals surface area (Å²) in [6.07, 6.45) is 1.04. The summed E-state index contributed by atoms with van der Waals surface area (Å²) in [5.41, 5.74) is 2.82. The monoisotopic (exact) mass is 369 g/mol. The second kappa shape index (κ2) is 6.94. The highest BCUT2D eigenvalue weighted by Crippen LogP contribution is 2.25. The molecule has 0 saturated carbocycles. The first-order chi connectivity index (χ1) is 13.0. The molecule has 142 valence electrons. The average molecular weight is 369 g/mol. The van der Waals surface area contributed by atoms with Gasteiger partial charge in [0.05, 0.1) is 31.1 Å². The van der Waals surface area contributed by atoms with Gasteiger partial charge in [0.1, 0.15) is 11.6 Å². The SMILES string of the molecule is COc1cccc(N2C[C@@H](NC(=O)N3CCc4nc(C)[nH]c4C3)CC2=O)c1. The fourth-order valence-electron chi connectivity index (χ4n) is 3.71. The number of anilines is 1. The molecule has 3 amide bonds. The zero-order valence-electron chi connectivity index (χ0n) is 15.5. The van der Waals surface area contributed by atoms with E-state index in [1.165, 1.54) is 0 Å². The second-order valence-corrected chi connectivity index (χ2v) is 6.98. The molecule has 0 aliphatic carbocycles.